The molecule has 18 heavy (non-hydrogen) atoms. The van der Waals surface area contributed by atoms with Crippen LogP contribution in [-0.4, -0.2) is 19.2 Å². The Bertz CT molecular complexity index is 371. The molecule has 0 N–H and O–H groups in total. The van der Waals surface area contributed by atoms with E-state index >= 15 is 0 Å². The Morgan fingerprint density at radius 1 is 1.33 bits per heavy atom. The van der Waals surface area contributed by atoms with Gasteiger partial charge in [0.1, 0.15) is 0 Å². The fourth-order valence-electron chi connectivity index (χ4n) is 1.91. The molecule has 98 valence electrons. The summed E-state index contributed by atoms with van der Waals surface area (Å²) in [5, 5.41) is 0. The van der Waals surface area contributed by atoms with Crippen LogP contribution in [0, 0.1) is 5.92 Å². The van der Waals surface area contributed by atoms with E-state index in [1.807, 2.05) is 37.3 Å². The second kappa shape index (κ2) is 6.55. The molecule has 3 nitrogen and oxygen atoms in total. The largest absolute Gasteiger partial charge is 0.464 e. The van der Waals surface area contributed by atoms with Crippen molar-refractivity contribution in [1.29, 1.82) is 0 Å². The molecule has 0 radical (unpaired) electrons. The standard InChI is InChI=1S/C15H20O3/c1-2-17-15(16)14(13-6-4-3-5-7-13)18-11-10-12-8-9-12/h3-7,12,14H,2,8-11H2,1H3. The summed E-state index contributed by atoms with van der Waals surface area (Å²) in [6.07, 6.45) is 3.07. The van der Waals surface area contributed by atoms with Crippen molar-refractivity contribution in [2.24, 2.45) is 5.92 Å². The molecule has 1 aliphatic carbocycles. The molecule has 1 aromatic carbocycles. The van der Waals surface area contributed by atoms with E-state index in [-0.39, 0.29) is 5.97 Å². The van der Waals surface area contributed by atoms with Crippen LogP contribution in [0.4, 0.5) is 0 Å². The highest BCUT2D eigenvalue weighted by molar-refractivity contribution is 5.76. The molecule has 1 unspecified atom stereocenters. The van der Waals surface area contributed by atoms with E-state index in [2.05, 4.69) is 0 Å². The molecule has 0 heterocycles. The first-order valence-corrected chi connectivity index (χ1v) is 6.64. The number of hydrogen-bond acceptors (Lipinski definition) is 3. The lowest BCUT2D eigenvalue weighted by molar-refractivity contribution is -0.157. The minimum absolute atomic E-state index is 0.292. The van der Waals surface area contributed by atoms with Crippen molar-refractivity contribution in [3.63, 3.8) is 0 Å². The number of ether oxygens (including phenoxy) is 2. The van der Waals surface area contributed by atoms with Gasteiger partial charge in [0.2, 0.25) is 0 Å². The lowest BCUT2D eigenvalue weighted by Gasteiger charge is -2.16. The first-order chi connectivity index (χ1) is 8.81. The molecule has 0 aliphatic heterocycles. The summed E-state index contributed by atoms with van der Waals surface area (Å²) < 4.78 is 10.8. The Morgan fingerprint density at radius 3 is 2.67 bits per heavy atom. The molecule has 1 fully saturated rings. The summed E-state index contributed by atoms with van der Waals surface area (Å²) in [5.74, 6) is 0.517. The number of hydrogen-bond donors (Lipinski definition) is 0. The average molecular weight is 248 g/mol. The third kappa shape index (κ3) is 3.84. The Kier molecular flexibility index (Phi) is 4.76. The Labute approximate surface area is 108 Å². The van der Waals surface area contributed by atoms with Crippen molar-refractivity contribution >= 4 is 5.97 Å². The fourth-order valence-corrected chi connectivity index (χ4v) is 1.91. The van der Waals surface area contributed by atoms with E-state index in [9.17, 15) is 4.79 Å². The maximum Gasteiger partial charge on any atom is 0.339 e. The van der Waals surface area contributed by atoms with Gasteiger partial charge in [-0.15, -0.1) is 0 Å². The molecular formula is C15H20O3. The lowest BCUT2D eigenvalue weighted by Crippen LogP contribution is -2.19. The maximum absolute atomic E-state index is 11.9. The monoisotopic (exact) mass is 248 g/mol. The minimum Gasteiger partial charge on any atom is -0.464 e. The van der Waals surface area contributed by atoms with Crippen molar-refractivity contribution in [1.82, 2.24) is 0 Å². The van der Waals surface area contributed by atoms with Crippen LogP contribution >= 0.6 is 0 Å². The van der Waals surface area contributed by atoms with E-state index in [0.29, 0.717) is 13.2 Å². The molecule has 0 aromatic heterocycles. The van der Waals surface area contributed by atoms with Gasteiger partial charge in [-0.25, -0.2) is 4.79 Å². The molecule has 1 saturated carbocycles. The van der Waals surface area contributed by atoms with Crippen molar-refractivity contribution in [2.45, 2.75) is 32.3 Å². The highest BCUT2D eigenvalue weighted by Gasteiger charge is 2.25. The Morgan fingerprint density at radius 2 is 2.06 bits per heavy atom. The summed E-state index contributed by atoms with van der Waals surface area (Å²) in [4.78, 5) is 11.9. The zero-order valence-electron chi connectivity index (χ0n) is 10.8. The van der Waals surface area contributed by atoms with Gasteiger partial charge in [0, 0.05) is 6.61 Å². The first-order valence-electron chi connectivity index (χ1n) is 6.64. The summed E-state index contributed by atoms with van der Waals surface area (Å²) >= 11 is 0. The summed E-state index contributed by atoms with van der Waals surface area (Å²) in [6.45, 7) is 2.82. The predicted molar refractivity (Wildman–Crippen MR) is 69.1 cm³/mol. The lowest BCUT2D eigenvalue weighted by atomic mass is 10.1. The van der Waals surface area contributed by atoms with Crippen LogP contribution < -0.4 is 0 Å². The van der Waals surface area contributed by atoms with E-state index in [1.54, 1.807) is 0 Å². The zero-order valence-corrected chi connectivity index (χ0v) is 10.8. The van der Waals surface area contributed by atoms with Gasteiger partial charge in [-0.2, -0.15) is 0 Å². The number of carbonyl (C=O) groups excluding carboxylic acids is 1. The van der Waals surface area contributed by atoms with Crippen molar-refractivity contribution in [2.75, 3.05) is 13.2 Å². The smallest absolute Gasteiger partial charge is 0.339 e. The van der Waals surface area contributed by atoms with Gasteiger partial charge >= 0.3 is 5.97 Å². The quantitative estimate of drug-likeness (QED) is 0.695. The molecule has 0 saturated heterocycles. The molecule has 1 atom stereocenters. The predicted octanol–water partition coefficient (Wildman–Crippen LogP) is 3.11. The number of carbonyl (C=O) groups is 1. The van der Waals surface area contributed by atoms with Crippen molar-refractivity contribution < 1.29 is 14.3 Å². The average Bonchev–Trinajstić information content (AvgIpc) is 3.20. The van der Waals surface area contributed by atoms with E-state index < -0.39 is 6.10 Å². The first kappa shape index (κ1) is 13.1. The van der Waals surface area contributed by atoms with Crippen LogP contribution in [0.15, 0.2) is 30.3 Å². The van der Waals surface area contributed by atoms with Crippen LogP contribution in [0.2, 0.25) is 0 Å². The second-order valence-corrected chi connectivity index (χ2v) is 4.65. The number of rotatable bonds is 7. The topological polar surface area (TPSA) is 35.5 Å². The third-order valence-corrected chi connectivity index (χ3v) is 3.11. The van der Waals surface area contributed by atoms with E-state index in [0.717, 1.165) is 17.9 Å². The van der Waals surface area contributed by atoms with Crippen molar-refractivity contribution in [3.8, 4) is 0 Å². The third-order valence-electron chi connectivity index (χ3n) is 3.11. The summed E-state index contributed by atoms with van der Waals surface area (Å²) in [5.41, 5.74) is 0.867. The summed E-state index contributed by atoms with van der Waals surface area (Å²) in [7, 11) is 0. The van der Waals surface area contributed by atoms with E-state index in [4.69, 9.17) is 9.47 Å². The fraction of sp³-hybridized carbons (Fsp3) is 0.533. The second-order valence-electron chi connectivity index (χ2n) is 4.65. The van der Waals surface area contributed by atoms with Gasteiger partial charge in [0.25, 0.3) is 0 Å². The van der Waals surface area contributed by atoms with Crippen LogP contribution in [0.25, 0.3) is 0 Å². The molecule has 0 bridgehead atoms. The van der Waals surface area contributed by atoms with Crippen LogP contribution in [0.3, 0.4) is 0 Å². The molecule has 2 rings (SSSR count). The van der Waals surface area contributed by atoms with Gasteiger partial charge < -0.3 is 9.47 Å². The highest BCUT2D eigenvalue weighted by Crippen LogP contribution is 2.33. The normalized spacial score (nSPS) is 16.3. The molecule has 3 heteroatoms. The van der Waals surface area contributed by atoms with Crippen LogP contribution in [-0.2, 0) is 14.3 Å². The zero-order chi connectivity index (χ0) is 12.8. The molecule has 0 amide bonds. The Balaban J connectivity index is 1.94. The number of esters is 1. The van der Waals surface area contributed by atoms with Gasteiger partial charge in [0.05, 0.1) is 6.61 Å². The highest BCUT2D eigenvalue weighted by atomic mass is 16.6. The van der Waals surface area contributed by atoms with E-state index in [1.165, 1.54) is 12.8 Å². The van der Waals surface area contributed by atoms with Gasteiger partial charge in [0.15, 0.2) is 6.10 Å². The van der Waals surface area contributed by atoms with Gasteiger partial charge in [-0.1, -0.05) is 43.2 Å². The van der Waals surface area contributed by atoms with Crippen LogP contribution in [0.5, 0.6) is 0 Å². The van der Waals surface area contributed by atoms with Crippen LogP contribution in [0.1, 0.15) is 37.9 Å². The Hall–Kier alpha value is -1.35. The van der Waals surface area contributed by atoms with Gasteiger partial charge in [-0.3, -0.25) is 0 Å². The molecular weight excluding hydrogens is 228 g/mol. The minimum atomic E-state index is -0.579. The SMILES string of the molecule is CCOC(=O)C(OCCC1CC1)c1ccccc1. The summed E-state index contributed by atoms with van der Waals surface area (Å²) in [6, 6.07) is 9.55. The van der Waals surface area contributed by atoms with Crippen molar-refractivity contribution in [3.05, 3.63) is 35.9 Å². The van der Waals surface area contributed by atoms with Gasteiger partial charge in [-0.05, 0) is 24.8 Å². The molecule has 1 aliphatic rings. The molecule has 1 aromatic rings. The maximum atomic E-state index is 11.9. The molecule has 0 spiro atoms. The number of benzene rings is 1.